The summed E-state index contributed by atoms with van der Waals surface area (Å²) in [6.45, 7) is 3.35. The number of anilines is 1. The van der Waals surface area contributed by atoms with Gasteiger partial charge in [0, 0.05) is 42.1 Å². The van der Waals surface area contributed by atoms with Crippen LogP contribution in [0.25, 0.3) is 22.8 Å². The van der Waals surface area contributed by atoms with Crippen molar-refractivity contribution < 1.29 is 14.0 Å². The van der Waals surface area contributed by atoms with Crippen molar-refractivity contribution in [1.82, 2.24) is 15.2 Å². The summed E-state index contributed by atoms with van der Waals surface area (Å²) in [7, 11) is 0. The first-order chi connectivity index (χ1) is 17.5. The monoisotopic (exact) mass is 484 g/mol. The van der Waals surface area contributed by atoms with Gasteiger partial charge >= 0.3 is 0 Å². The normalized spacial score (nSPS) is 19.0. The number of nitrogens with zero attached hydrogens (tertiary/aromatic N) is 1. The molecule has 0 spiro atoms. The van der Waals surface area contributed by atoms with E-state index in [9.17, 15) is 14.0 Å². The molecule has 1 aliphatic carbocycles. The molecule has 3 aromatic rings. The summed E-state index contributed by atoms with van der Waals surface area (Å²) in [5.74, 6) is -0.600. The summed E-state index contributed by atoms with van der Waals surface area (Å²) in [5.41, 5.74) is 5.33. The fraction of sp³-hybridized carbons (Fsp3) is 0.310. The van der Waals surface area contributed by atoms with E-state index in [1.165, 1.54) is 25.0 Å². The Bertz CT molecular complexity index is 1380. The Labute approximate surface area is 209 Å². The highest BCUT2D eigenvalue weighted by molar-refractivity contribution is 6.36. The number of rotatable bonds is 5. The van der Waals surface area contributed by atoms with Crippen molar-refractivity contribution >= 4 is 29.2 Å². The van der Waals surface area contributed by atoms with Gasteiger partial charge in [-0.2, -0.15) is 0 Å². The highest BCUT2D eigenvalue weighted by atomic mass is 19.1. The van der Waals surface area contributed by atoms with Crippen molar-refractivity contribution in [2.75, 3.05) is 18.4 Å². The van der Waals surface area contributed by atoms with Crippen molar-refractivity contribution in [3.63, 3.8) is 0 Å². The van der Waals surface area contributed by atoms with Crippen LogP contribution in [0.2, 0.25) is 0 Å². The molecule has 0 unspecified atom stereocenters. The maximum atomic E-state index is 14.0. The molecule has 2 amide bonds. The topological polar surface area (TPSA) is 77.2 Å². The predicted octanol–water partition coefficient (Wildman–Crippen LogP) is 4.98. The molecule has 0 atom stereocenters. The first-order valence-electron chi connectivity index (χ1n) is 12.6. The second-order valence-electron chi connectivity index (χ2n) is 10.0. The van der Waals surface area contributed by atoms with E-state index in [1.807, 2.05) is 42.2 Å². The van der Waals surface area contributed by atoms with Gasteiger partial charge in [-0.05, 0) is 74.1 Å². The van der Waals surface area contributed by atoms with E-state index in [4.69, 9.17) is 0 Å². The molecule has 3 N–H and O–H groups in total. The number of carbonyl (C=O) groups is 2. The summed E-state index contributed by atoms with van der Waals surface area (Å²) < 4.78 is 14.0. The van der Waals surface area contributed by atoms with Crippen LogP contribution in [0.15, 0.2) is 48.5 Å². The quantitative estimate of drug-likeness (QED) is 0.447. The highest BCUT2D eigenvalue weighted by Crippen LogP contribution is 2.40. The number of H-pyrrole nitrogens is 1. The zero-order chi connectivity index (χ0) is 24.8. The average Bonchev–Trinajstić information content (AvgIpc) is 3.53. The fourth-order valence-corrected chi connectivity index (χ4v) is 5.33. The molecule has 1 aromatic heterocycles. The average molecular weight is 485 g/mol. The number of aryl methyl sites for hydroxylation is 1. The van der Waals surface area contributed by atoms with Crippen LogP contribution >= 0.6 is 0 Å². The Morgan fingerprint density at radius 3 is 2.56 bits per heavy atom. The summed E-state index contributed by atoms with van der Waals surface area (Å²) in [5, 5.41) is 6.59. The van der Waals surface area contributed by atoms with Gasteiger partial charge in [0.2, 0.25) is 0 Å². The third-order valence-electron chi connectivity index (χ3n) is 7.30. The minimum absolute atomic E-state index is 0.0203. The maximum Gasteiger partial charge on any atom is 0.256 e. The number of carbonyl (C=O) groups excluding carboxylic acids is 2. The van der Waals surface area contributed by atoms with E-state index in [-0.39, 0.29) is 17.6 Å². The summed E-state index contributed by atoms with van der Waals surface area (Å²) in [6.07, 6.45) is 6.18. The number of likely N-dealkylation sites (tertiary alicyclic amines) is 1. The first-order valence-corrected chi connectivity index (χ1v) is 12.6. The Balaban J connectivity index is 1.32. The molecule has 184 valence electrons. The molecule has 6 nitrogen and oxygen atoms in total. The van der Waals surface area contributed by atoms with Gasteiger partial charge in [0.1, 0.15) is 5.82 Å². The van der Waals surface area contributed by atoms with Crippen LogP contribution in [0.5, 0.6) is 0 Å². The number of nitrogens with one attached hydrogen (secondary N) is 3. The van der Waals surface area contributed by atoms with Gasteiger partial charge in [-0.25, -0.2) is 4.39 Å². The van der Waals surface area contributed by atoms with Crippen molar-refractivity contribution in [2.24, 2.45) is 0 Å². The van der Waals surface area contributed by atoms with Gasteiger partial charge in [-0.3, -0.25) is 9.59 Å². The Hall–Kier alpha value is -3.71. The molecule has 2 aromatic carbocycles. The number of hydrogen-bond donors (Lipinski definition) is 3. The lowest BCUT2D eigenvalue weighted by molar-refractivity contribution is -0.110. The number of amides is 2. The van der Waals surface area contributed by atoms with Crippen LogP contribution in [0.3, 0.4) is 0 Å². The maximum absolute atomic E-state index is 14.0. The second kappa shape index (κ2) is 9.06. The summed E-state index contributed by atoms with van der Waals surface area (Å²) >= 11 is 0. The van der Waals surface area contributed by atoms with E-state index in [0.29, 0.717) is 45.7 Å². The number of fused-ring (bicyclic) bond motifs is 1. The van der Waals surface area contributed by atoms with E-state index in [1.54, 1.807) is 12.1 Å². The van der Waals surface area contributed by atoms with E-state index in [0.717, 1.165) is 37.2 Å². The second-order valence-corrected chi connectivity index (χ2v) is 10.0. The molecular weight excluding hydrogens is 455 g/mol. The van der Waals surface area contributed by atoms with Gasteiger partial charge in [0.25, 0.3) is 11.8 Å². The van der Waals surface area contributed by atoms with Gasteiger partial charge in [-0.1, -0.05) is 24.3 Å². The van der Waals surface area contributed by atoms with Gasteiger partial charge < -0.3 is 20.5 Å². The zero-order valence-electron chi connectivity index (χ0n) is 20.2. The van der Waals surface area contributed by atoms with Crippen LogP contribution < -0.4 is 10.6 Å². The van der Waals surface area contributed by atoms with Crippen LogP contribution in [0, 0.1) is 12.7 Å². The molecule has 36 heavy (non-hydrogen) atoms. The molecule has 2 fully saturated rings. The summed E-state index contributed by atoms with van der Waals surface area (Å²) in [4.78, 5) is 31.7. The van der Waals surface area contributed by atoms with Crippen molar-refractivity contribution in [2.45, 2.75) is 44.7 Å². The highest BCUT2D eigenvalue weighted by Gasteiger charge is 2.31. The van der Waals surface area contributed by atoms with Crippen LogP contribution in [-0.2, 0) is 4.79 Å². The largest absolute Gasteiger partial charge is 0.358 e. The number of hydrogen-bond acceptors (Lipinski definition) is 3. The van der Waals surface area contributed by atoms with Crippen molar-refractivity contribution in [3.8, 4) is 11.1 Å². The fourth-order valence-electron chi connectivity index (χ4n) is 5.33. The lowest BCUT2D eigenvalue weighted by Crippen LogP contribution is -2.45. The summed E-state index contributed by atoms with van der Waals surface area (Å²) in [6, 6.07) is 14.9. The Kier molecular flexibility index (Phi) is 5.72. The lowest BCUT2D eigenvalue weighted by atomic mass is 9.94. The number of aromatic amines is 1. The van der Waals surface area contributed by atoms with Crippen LogP contribution in [0.1, 0.15) is 53.0 Å². The van der Waals surface area contributed by atoms with E-state index in [2.05, 4.69) is 15.6 Å². The molecule has 3 heterocycles. The van der Waals surface area contributed by atoms with E-state index < -0.39 is 0 Å². The van der Waals surface area contributed by atoms with Gasteiger partial charge in [0.15, 0.2) is 0 Å². The van der Waals surface area contributed by atoms with Gasteiger partial charge in [-0.15, -0.1) is 0 Å². The smallest absolute Gasteiger partial charge is 0.256 e. The third kappa shape index (κ3) is 4.35. The number of halogens is 1. The zero-order valence-corrected chi connectivity index (χ0v) is 20.2. The molecule has 0 bridgehead atoms. The Morgan fingerprint density at radius 2 is 1.81 bits per heavy atom. The molecule has 1 saturated heterocycles. The minimum atomic E-state index is -0.336. The van der Waals surface area contributed by atoms with Crippen molar-refractivity contribution in [3.05, 3.63) is 76.9 Å². The van der Waals surface area contributed by atoms with Crippen molar-refractivity contribution in [1.29, 1.82) is 0 Å². The standard InChI is InChI=1S/C29H29FN4O2/c1-17-14-23(29(36)34-12-10-21(11-13-34)32-20-8-9-20)26(31-17)16-24-27-22(18-4-2-5-19(30)15-18)6-3-7-25(27)33-28(24)35/h2-7,14-16,20-21,31-32H,8-13H2,1H3,(H,33,35)/b24-16-. The molecule has 3 aliphatic rings. The van der Waals surface area contributed by atoms with E-state index >= 15 is 0 Å². The lowest BCUT2D eigenvalue weighted by Gasteiger charge is -2.32. The predicted molar refractivity (Wildman–Crippen MR) is 139 cm³/mol. The molecule has 7 heteroatoms. The number of aromatic nitrogens is 1. The number of piperidine rings is 1. The minimum Gasteiger partial charge on any atom is -0.358 e. The Morgan fingerprint density at radius 1 is 1.06 bits per heavy atom. The van der Waals surface area contributed by atoms with Gasteiger partial charge in [0.05, 0.1) is 16.8 Å². The number of benzene rings is 2. The molecule has 6 rings (SSSR count). The first kappa shape index (κ1) is 22.7. The molecule has 1 saturated carbocycles. The van der Waals surface area contributed by atoms with Crippen LogP contribution in [0.4, 0.5) is 10.1 Å². The molecule has 2 aliphatic heterocycles. The molecular formula is C29H29FN4O2. The van der Waals surface area contributed by atoms with Crippen LogP contribution in [-0.4, -0.2) is 46.9 Å². The molecule has 0 radical (unpaired) electrons. The SMILES string of the molecule is Cc1cc(C(=O)N2CCC(NC3CC3)CC2)c(/C=C2\C(=O)Nc3cccc(-c4cccc(F)c4)c32)[nH]1. The third-order valence-corrected chi connectivity index (χ3v) is 7.30.